The van der Waals surface area contributed by atoms with Gasteiger partial charge in [-0.2, -0.15) is 17.6 Å². The monoisotopic (exact) mass is 605 g/mol. The molecule has 4 rings (SSSR count). The number of benzene rings is 4. The van der Waals surface area contributed by atoms with Crippen LogP contribution in [0.3, 0.4) is 0 Å². The van der Waals surface area contributed by atoms with Gasteiger partial charge in [0.2, 0.25) is 0 Å². The molecule has 0 fully saturated rings. The number of hydrogen-bond donors (Lipinski definition) is 1. The molecule has 4 nitrogen and oxygen atoms in total. The van der Waals surface area contributed by atoms with Crippen molar-refractivity contribution in [2.45, 2.75) is 44.4 Å². The van der Waals surface area contributed by atoms with Crippen molar-refractivity contribution < 1.29 is 45.0 Å². The minimum absolute atomic E-state index is 0.107. The van der Waals surface area contributed by atoms with Gasteiger partial charge in [0, 0.05) is 18.1 Å². The largest absolute Gasteiger partial charge is 0.488 e. The first kappa shape index (κ1) is 31.4. The van der Waals surface area contributed by atoms with Crippen LogP contribution in [0.25, 0.3) is 0 Å². The number of rotatable bonds is 11. The third-order valence-electron chi connectivity index (χ3n) is 6.38. The fourth-order valence-corrected chi connectivity index (χ4v) is 4.54. The SMILES string of the molecule is CC(C)Oc1cc([C@@](Cc2ccccc2)(NC(=O)c2cccc(F)c2)c2cc(F)cc(OC(F)(F)C(F)F)c2)ccc1F. The lowest BCUT2D eigenvalue weighted by Crippen LogP contribution is -2.49. The normalized spacial score (nSPS) is 13.1. The molecule has 0 aliphatic rings. The predicted octanol–water partition coefficient (Wildman–Crippen LogP) is 8.04. The highest BCUT2D eigenvalue weighted by Crippen LogP contribution is 2.39. The molecule has 226 valence electrons. The van der Waals surface area contributed by atoms with Crippen molar-refractivity contribution in [2.75, 3.05) is 0 Å². The Morgan fingerprint density at radius 1 is 0.814 bits per heavy atom. The van der Waals surface area contributed by atoms with Gasteiger partial charge in [0.1, 0.15) is 17.4 Å². The molecule has 0 spiro atoms. The molecule has 1 atom stereocenters. The van der Waals surface area contributed by atoms with E-state index in [0.717, 1.165) is 30.3 Å². The summed E-state index contributed by atoms with van der Waals surface area (Å²) in [5.41, 5.74) is -1.61. The fourth-order valence-electron chi connectivity index (χ4n) is 4.54. The first-order chi connectivity index (χ1) is 20.3. The lowest BCUT2D eigenvalue weighted by Gasteiger charge is -2.37. The van der Waals surface area contributed by atoms with Crippen molar-refractivity contribution in [1.29, 1.82) is 0 Å². The van der Waals surface area contributed by atoms with Gasteiger partial charge in [0.25, 0.3) is 5.91 Å². The molecule has 0 heterocycles. The number of carbonyl (C=O) groups is 1. The summed E-state index contributed by atoms with van der Waals surface area (Å²) in [6.07, 6.45) is -9.86. The van der Waals surface area contributed by atoms with Gasteiger partial charge >= 0.3 is 12.5 Å². The van der Waals surface area contributed by atoms with Crippen LogP contribution in [-0.4, -0.2) is 24.5 Å². The zero-order valence-electron chi connectivity index (χ0n) is 22.9. The first-order valence-electron chi connectivity index (χ1n) is 13.0. The molecule has 0 bridgehead atoms. The standard InChI is InChI=1S/C32H26F7NO3/c1-19(2)42-28-16-22(11-12-27(28)35)31(18-20-7-4-3-5-8-20,40-29(41)21-9-6-10-24(33)13-21)23-14-25(34)17-26(15-23)43-32(38,39)30(36)37/h3-17,19,30H,18H2,1-2H3,(H,40,41)/t31-/m1/s1. The Hall–Kier alpha value is -4.54. The third-order valence-corrected chi connectivity index (χ3v) is 6.38. The average molecular weight is 606 g/mol. The number of nitrogens with one attached hydrogen (secondary N) is 1. The van der Waals surface area contributed by atoms with Crippen molar-refractivity contribution in [1.82, 2.24) is 5.32 Å². The smallest absolute Gasteiger partial charge is 0.461 e. The number of amides is 1. The predicted molar refractivity (Wildman–Crippen MR) is 145 cm³/mol. The highest BCUT2D eigenvalue weighted by molar-refractivity contribution is 5.95. The zero-order valence-corrected chi connectivity index (χ0v) is 22.9. The number of alkyl halides is 4. The van der Waals surface area contributed by atoms with Crippen molar-refractivity contribution in [2.24, 2.45) is 0 Å². The average Bonchev–Trinajstić information content (AvgIpc) is 2.93. The van der Waals surface area contributed by atoms with E-state index in [4.69, 9.17) is 4.74 Å². The van der Waals surface area contributed by atoms with E-state index < -0.39 is 53.3 Å². The third kappa shape index (κ3) is 7.46. The van der Waals surface area contributed by atoms with Gasteiger partial charge in [0.05, 0.1) is 11.6 Å². The molecule has 4 aromatic carbocycles. The van der Waals surface area contributed by atoms with E-state index in [1.54, 1.807) is 44.2 Å². The fraction of sp³-hybridized carbons (Fsp3) is 0.219. The summed E-state index contributed by atoms with van der Waals surface area (Å²) in [7, 11) is 0. The van der Waals surface area contributed by atoms with Gasteiger partial charge in [0.15, 0.2) is 11.6 Å². The molecule has 1 N–H and O–H groups in total. The van der Waals surface area contributed by atoms with Gasteiger partial charge in [-0.3, -0.25) is 4.79 Å². The van der Waals surface area contributed by atoms with Crippen molar-refractivity contribution >= 4 is 5.91 Å². The van der Waals surface area contributed by atoms with Gasteiger partial charge in [-0.1, -0.05) is 42.5 Å². The Morgan fingerprint density at radius 3 is 2.19 bits per heavy atom. The lowest BCUT2D eigenvalue weighted by molar-refractivity contribution is -0.253. The van der Waals surface area contributed by atoms with Gasteiger partial charge < -0.3 is 14.8 Å². The molecular weight excluding hydrogens is 579 g/mol. The molecule has 0 unspecified atom stereocenters. The van der Waals surface area contributed by atoms with Crippen LogP contribution in [0.4, 0.5) is 30.7 Å². The van der Waals surface area contributed by atoms with Crippen LogP contribution in [0.5, 0.6) is 11.5 Å². The Labute approximate surface area is 243 Å². The van der Waals surface area contributed by atoms with Crippen molar-refractivity contribution in [3.63, 3.8) is 0 Å². The minimum Gasteiger partial charge on any atom is -0.488 e. The molecule has 43 heavy (non-hydrogen) atoms. The summed E-state index contributed by atoms with van der Waals surface area (Å²) in [5.74, 6) is -4.71. The van der Waals surface area contributed by atoms with Crippen LogP contribution in [-0.2, 0) is 12.0 Å². The van der Waals surface area contributed by atoms with E-state index in [-0.39, 0.29) is 28.9 Å². The maximum atomic E-state index is 15.1. The number of hydrogen-bond acceptors (Lipinski definition) is 3. The first-order valence-corrected chi connectivity index (χ1v) is 13.0. The van der Waals surface area contributed by atoms with E-state index >= 15 is 4.39 Å². The summed E-state index contributed by atoms with van der Waals surface area (Å²) < 4.78 is 107. The van der Waals surface area contributed by atoms with Crippen LogP contribution in [0.2, 0.25) is 0 Å². The van der Waals surface area contributed by atoms with E-state index in [2.05, 4.69) is 10.1 Å². The Kier molecular flexibility index (Phi) is 9.32. The van der Waals surface area contributed by atoms with Crippen LogP contribution < -0.4 is 14.8 Å². The van der Waals surface area contributed by atoms with Crippen molar-refractivity contribution in [3.05, 3.63) is 131 Å². The highest BCUT2D eigenvalue weighted by Gasteiger charge is 2.45. The summed E-state index contributed by atoms with van der Waals surface area (Å²) in [6.45, 7) is 3.29. The van der Waals surface area contributed by atoms with Crippen LogP contribution >= 0.6 is 0 Å². The molecule has 0 saturated carbocycles. The van der Waals surface area contributed by atoms with Crippen molar-refractivity contribution in [3.8, 4) is 11.5 Å². The second-order valence-corrected chi connectivity index (χ2v) is 9.98. The maximum absolute atomic E-state index is 15.1. The van der Waals surface area contributed by atoms with Crippen LogP contribution in [0, 0.1) is 17.5 Å². The molecule has 0 saturated heterocycles. The second-order valence-electron chi connectivity index (χ2n) is 9.98. The summed E-state index contributed by atoms with van der Waals surface area (Å²) in [5, 5.41) is 2.75. The molecular formula is C32H26F7NO3. The van der Waals surface area contributed by atoms with E-state index in [9.17, 15) is 31.1 Å². The quantitative estimate of drug-likeness (QED) is 0.176. The topological polar surface area (TPSA) is 47.6 Å². The molecule has 4 aromatic rings. The van der Waals surface area contributed by atoms with E-state index in [1.807, 2.05) is 0 Å². The number of ether oxygens (including phenoxy) is 2. The summed E-state index contributed by atoms with van der Waals surface area (Å²) in [4.78, 5) is 13.6. The molecule has 0 aromatic heterocycles. The number of halogens is 7. The summed E-state index contributed by atoms with van der Waals surface area (Å²) in [6, 6.07) is 18.9. The maximum Gasteiger partial charge on any atom is 0.461 e. The van der Waals surface area contributed by atoms with Crippen LogP contribution in [0.1, 0.15) is 40.9 Å². The Balaban J connectivity index is 2.00. The van der Waals surface area contributed by atoms with Crippen LogP contribution in [0.15, 0.2) is 91.0 Å². The van der Waals surface area contributed by atoms with E-state index in [1.165, 1.54) is 24.3 Å². The Bertz CT molecular complexity index is 1580. The second kappa shape index (κ2) is 12.8. The molecule has 1 amide bonds. The summed E-state index contributed by atoms with van der Waals surface area (Å²) >= 11 is 0. The minimum atomic E-state index is -4.97. The van der Waals surface area contributed by atoms with Gasteiger partial charge in [-0.25, -0.2) is 13.2 Å². The van der Waals surface area contributed by atoms with E-state index in [0.29, 0.717) is 11.6 Å². The molecule has 0 aliphatic heterocycles. The molecule has 0 radical (unpaired) electrons. The lowest BCUT2D eigenvalue weighted by atomic mass is 9.77. The molecule has 0 aliphatic carbocycles. The Morgan fingerprint density at radius 2 is 1.53 bits per heavy atom. The zero-order chi connectivity index (χ0) is 31.4. The highest BCUT2D eigenvalue weighted by atomic mass is 19.3. The number of carbonyl (C=O) groups excluding carboxylic acids is 1. The van der Waals surface area contributed by atoms with Gasteiger partial charge in [-0.15, -0.1) is 0 Å². The van der Waals surface area contributed by atoms with Gasteiger partial charge in [-0.05, 0) is 73.0 Å². The molecule has 11 heteroatoms.